The smallest absolute Gasteiger partial charge is 0.145 e. The molecule has 0 amide bonds. The molecule has 0 aliphatic rings. The number of nitrogens with one attached hydrogen (secondary N) is 1. The second-order valence-corrected chi connectivity index (χ2v) is 5.68. The fourth-order valence-corrected chi connectivity index (χ4v) is 2.71. The van der Waals surface area contributed by atoms with Gasteiger partial charge in [0, 0.05) is 16.8 Å². The maximum Gasteiger partial charge on any atom is 0.145 e. The SMILES string of the molecule is COc1cccc2c(Nc3cccc(Cl)c3Cl)cc(C)nc12. The summed E-state index contributed by atoms with van der Waals surface area (Å²) in [5.74, 6) is 0.737. The van der Waals surface area contributed by atoms with Crippen molar-refractivity contribution in [2.24, 2.45) is 0 Å². The predicted octanol–water partition coefficient (Wildman–Crippen LogP) is 5.60. The molecule has 0 aliphatic carbocycles. The minimum Gasteiger partial charge on any atom is -0.494 e. The first-order chi connectivity index (χ1) is 10.6. The van der Waals surface area contributed by atoms with Crippen LogP contribution in [0.15, 0.2) is 42.5 Å². The number of hydrogen-bond donors (Lipinski definition) is 1. The van der Waals surface area contributed by atoms with Crippen molar-refractivity contribution in [3.63, 3.8) is 0 Å². The van der Waals surface area contributed by atoms with Crippen molar-refractivity contribution >= 4 is 45.5 Å². The van der Waals surface area contributed by atoms with Crippen LogP contribution in [0.5, 0.6) is 5.75 Å². The van der Waals surface area contributed by atoms with Crippen molar-refractivity contribution in [1.29, 1.82) is 0 Å². The molecule has 0 saturated heterocycles. The van der Waals surface area contributed by atoms with E-state index < -0.39 is 0 Å². The topological polar surface area (TPSA) is 34.1 Å². The van der Waals surface area contributed by atoms with Crippen LogP contribution in [0.2, 0.25) is 10.0 Å². The highest BCUT2D eigenvalue weighted by molar-refractivity contribution is 6.43. The lowest BCUT2D eigenvalue weighted by Crippen LogP contribution is -1.97. The van der Waals surface area contributed by atoms with Crippen molar-refractivity contribution in [2.45, 2.75) is 6.92 Å². The van der Waals surface area contributed by atoms with Crippen molar-refractivity contribution < 1.29 is 4.74 Å². The van der Waals surface area contributed by atoms with Gasteiger partial charge in [0.05, 0.1) is 22.8 Å². The first-order valence-electron chi connectivity index (χ1n) is 6.75. The van der Waals surface area contributed by atoms with Gasteiger partial charge < -0.3 is 10.1 Å². The van der Waals surface area contributed by atoms with Crippen LogP contribution in [-0.2, 0) is 0 Å². The molecule has 1 heterocycles. The number of rotatable bonds is 3. The van der Waals surface area contributed by atoms with Crippen molar-refractivity contribution in [3.05, 3.63) is 58.2 Å². The van der Waals surface area contributed by atoms with Crippen LogP contribution >= 0.6 is 23.2 Å². The predicted molar refractivity (Wildman–Crippen MR) is 92.8 cm³/mol. The van der Waals surface area contributed by atoms with Crippen LogP contribution in [-0.4, -0.2) is 12.1 Å². The first-order valence-corrected chi connectivity index (χ1v) is 7.51. The number of anilines is 2. The van der Waals surface area contributed by atoms with Gasteiger partial charge in [0.2, 0.25) is 0 Å². The molecule has 0 aliphatic heterocycles. The minimum absolute atomic E-state index is 0.495. The third-order valence-electron chi connectivity index (χ3n) is 3.37. The zero-order chi connectivity index (χ0) is 15.7. The van der Waals surface area contributed by atoms with E-state index >= 15 is 0 Å². The molecule has 0 unspecified atom stereocenters. The lowest BCUT2D eigenvalue weighted by atomic mass is 10.1. The van der Waals surface area contributed by atoms with Gasteiger partial charge in [0.15, 0.2) is 0 Å². The summed E-state index contributed by atoms with van der Waals surface area (Å²) >= 11 is 12.3. The molecule has 0 radical (unpaired) electrons. The zero-order valence-corrected chi connectivity index (χ0v) is 13.7. The Bertz CT molecular complexity index is 849. The maximum absolute atomic E-state index is 6.26. The number of aryl methyl sites for hydroxylation is 1. The molecule has 0 saturated carbocycles. The molecule has 3 aromatic rings. The normalized spacial score (nSPS) is 10.7. The number of fused-ring (bicyclic) bond motifs is 1. The molecule has 0 atom stereocenters. The van der Waals surface area contributed by atoms with Gasteiger partial charge in [-0.2, -0.15) is 0 Å². The Kier molecular flexibility index (Phi) is 4.10. The van der Waals surface area contributed by atoms with E-state index in [9.17, 15) is 0 Å². The van der Waals surface area contributed by atoms with Crippen molar-refractivity contribution in [2.75, 3.05) is 12.4 Å². The Morgan fingerprint density at radius 1 is 1.05 bits per heavy atom. The minimum atomic E-state index is 0.495. The quantitative estimate of drug-likeness (QED) is 0.677. The second kappa shape index (κ2) is 6.03. The summed E-state index contributed by atoms with van der Waals surface area (Å²) < 4.78 is 5.39. The van der Waals surface area contributed by atoms with Gasteiger partial charge in [-0.05, 0) is 31.2 Å². The number of ether oxygens (including phenoxy) is 1. The third kappa shape index (κ3) is 2.70. The van der Waals surface area contributed by atoms with E-state index in [1.807, 2.05) is 43.3 Å². The van der Waals surface area contributed by atoms with Crippen LogP contribution in [0.1, 0.15) is 5.69 Å². The van der Waals surface area contributed by atoms with Crippen LogP contribution < -0.4 is 10.1 Å². The van der Waals surface area contributed by atoms with Gasteiger partial charge in [-0.15, -0.1) is 0 Å². The summed E-state index contributed by atoms with van der Waals surface area (Å²) in [7, 11) is 1.64. The Morgan fingerprint density at radius 2 is 1.82 bits per heavy atom. The highest BCUT2D eigenvalue weighted by Gasteiger charge is 2.11. The third-order valence-corrected chi connectivity index (χ3v) is 4.19. The number of aromatic nitrogens is 1. The standard InChI is InChI=1S/C17H14Cl2N2O/c1-10-9-14(21-13-7-4-6-12(18)16(13)19)11-5-3-8-15(22-2)17(11)20-10/h3-9H,1-2H3,(H,20,21). The maximum atomic E-state index is 6.26. The summed E-state index contributed by atoms with van der Waals surface area (Å²) in [6.07, 6.45) is 0. The number of pyridine rings is 1. The molecule has 112 valence electrons. The van der Waals surface area contributed by atoms with Crippen LogP contribution in [0.4, 0.5) is 11.4 Å². The number of benzene rings is 2. The van der Waals surface area contributed by atoms with Gasteiger partial charge in [-0.25, -0.2) is 4.98 Å². The number of nitrogens with zero attached hydrogens (tertiary/aromatic N) is 1. The van der Waals surface area contributed by atoms with E-state index in [0.717, 1.165) is 33.7 Å². The molecule has 1 aromatic heterocycles. The van der Waals surface area contributed by atoms with Gasteiger partial charge in [0.25, 0.3) is 0 Å². The molecule has 2 aromatic carbocycles. The number of halogens is 2. The number of para-hydroxylation sites is 1. The number of methoxy groups -OCH3 is 1. The molecule has 0 spiro atoms. The summed E-state index contributed by atoms with van der Waals surface area (Å²) in [5.41, 5.74) is 3.36. The Labute approximate surface area is 138 Å². The van der Waals surface area contributed by atoms with Gasteiger partial charge in [-0.1, -0.05) is 41.4 Å². The largest absolute Gasteiger partial charge is 0.494 e. The van der Waals surface area contributed by atoms with E-state index in [1.165, 1.54) is 0 Å². The van der Waals surface area contributed by atoms with E-state index in [2.05, 4.69) is 10.3 Å². The summed E-state index contributed by atoms with van der Waals surface area (Å²) in [6, 6.07) is 13.3. The highest BCUT2D eigenvalue weighted by atomic mass is 35.5. The summed E-state index contributed by atoms with van der Waals surface area (Å²) in [4.78, 5) is 4.56. The average Bonchev–Trinajstić information content (AvgIpc) is 2.51. The lowest BCUT2D eigenvalue weighted by molar-refractivity contribution is 0.419. The van der Waals surface area contributed by atoms with Gasteiger partial charge in [-0.3, -0.25) is 0 Å². The lowest BCUT2D eigenvalue weighted by Gasteiger charge is -2.14. The molecule has 22 heavy (non-hydrogen) atoms. The monoisotopic (exact) mass is 332 g/mol. The van der Waals surface area contributed by atoms with Crippen LogP contribution in [0.25, 0.3) is 10.9 Å². The molecule has 3 rings (SSSR count). The molecule has 0 bridgehead atoms. The van der Waals surface area contributed by atoms with Gasteiger partial charge >= 0.3 is 0 Å². The van der Waals surface area contributed by atoms with E-state index in [4.69, 9.17) is 27.9 Å². The second-order valence-electron chi connectivity index (χ2n) is 4.89. The zero-order valence-electron chi connectivity index (χ0n) is 12.2. The molecule has 5 heteroatoms. The molecule has 0 fully saturated rings. The van der Waals surface area contributed by atoms with Crippen LogP contribution in [0, 0.1) is 6.92 Å². The van der Waals surface area contributed by atoms with Crippen molar-refractivity contribution in [3.8, 4) is 5.75 Å². The molecule has 3 nitrogen and oxygen atoms in total. The number of hydrogen-bond acceptors (Lipinski definition) is 3. The highest BCUT2D eigenvalue weighted by Crippen LogP contribution is 2.35. The summed E-state index contributed by atoms with van der Waals surface area (Å²) in [5, 5.41) is 5.30. The van der Waals surface area contributed by atoms with Gasteiger partial charge in [0.1, 0.15) is 11.3 Å². The van der Waals surface area contributed by atoms with E-state index in [0.29, 0.717) is 10.0 Å². The first kappa shape index (κ1) is 14.9. The Hall–Kier alpha value is -1.97. The van der Waals surface area contributed by atoms with Crippen LogP contribution in [0.3, 0.4) is 0 Å². The summed E-state index contributed by atoms with van der Waals surface area (Å²) in [6.45, 7) is 1.94. The fourth-order valence-electron chi connectivity index (χ4n) is 2.36. The fraction of sp³-hybridized carbons (Fsp3) is 0.118. The Balaban J connectivity index is 2.16. The van der Waals surface area contributed by atoms with E-state index in [1.54, 1.807) is 13.2 Å². The molecule has 1 N–H and O–H groups in total. The van der Waals surface area contributed by atoms with E-state index in [-0.39, 0.29) is 0 Å². The Morgan fingerprint density at radius 3 is 2.59 bits per heavy atom. The molecular weight excluding hydrogens is 319 g/mol. The average molecular weight is 333 g/mol. The molecular formula is C17H14Cl2N2O. The van der Waals surface area contributed by atoms with Crippen molar-refractivity contribution in [1.82, 2.24) is 4.98 Å².